The minimum atomic E-state index is -0.421. The molecule has 0 aliphatic rings. The second-order valence-electron chi connectivity index (χ2n) is 6.35. The summed E-state index contributed by atoms with van der Waals surface area (Å²) in [6, 6.07) is 18.5. The van der Waals surface area contributed by atoms with Crippen molar-refractivity contribution in [1.82, 2.24) is 15.2 Å². The SMILES string of the molecule is O=C(COc1ccc(Cl)cc1Cl)N/N=C\c1cn(-c2ccccc2)nc1-c1cccs1. The van der Waals surface area contributed by atoms with E-state index in [1.165, 1.54) is 0 Å². The Kier molecular flexibility index (Phi) is 6.66. The molecule has 0 aliphatic heterocycles. The van der Waals surface area contributed by atoms with Gasteiger partial charge in [-0.05, 0) is 41.8 Å². The van der Waals surface area contributed by atoms with Crippen molar-refractivity contribution in [2.24, 2.45) is 5.10 Å². The molecule has 0 spiro atoms. The van der Waals surface area contributed by atoms with Gasteiger partial charge in [0, 0.05) is 16.8 Å². The Balaban J connectivity index is 1.45. The van der Waals surface area contributed by atoms with Gasteiger partial charge in [0.05, 0.1) is 21.8 Å². The Labute approximate surface area is 192 Å². The lowest BCUT2D eigenvalue weighted by Gasteiger charge is -2.06. The molecule has 1 N–H and O–H groups in total. The Bertz CT molecular complexity index is 1210. The second-order valence-corrected chi connectivity index (χ2v) is 8.14. The third-order valence-corrected chi connectivity index (χ3v) is 5.57. The van der Waals surface area contributed by atoms with Crippen LogP contribution in [0.2, 0.25) is 10.0 Å². The summed E-state index contributed by atoms with van der Waals surface area (Å²) in [6.07, 6.45) is 3.43. The molecule has 6 nitrogen and oxygen atoms in total. The summed E-state index contributed by atoms with van der Waals surface area (Å²) in [5.41, 5.74) is 4.93. The Morgan fingerprint density at radius 1 is 1.16 bits per heavy atom. The first-order valence-electron chi connectivity index (χ1n) is 9.19. The van der Waals surface area contributed by atoms with E-state index in [2.05, 4.69) is 15.6 Å². The molecule has 0 unspecified atom stereocenters. The fourth-order valence-electron chi connectivity index (χ4n) is 2.74. The van der Waals surface area contributed by atoms with E-state index in [0.29, 0.717) is 15.8 Å². The number of nitrogens with one attached hydrogen (secondary N) is 1. The van der Waals surface area contributed by atoms with E-state index in [-0.39, 0.29) is 6.61 Å². The molecule has 2 aromatic heterocycles. The van der Waals surface area contributed by atoms with E-state index in [0.717, 1.165) is 21.8 Å². The van der Waals surface area contributed by atoms with E-state index >= 15 is 0 Å². The molecule has 0 saturated carbocycles. The highest BCUT2D eigenvalue weighted by molar-refractivity contribution is 7.13. The van der Waals surface area contributed by atoms with Gasteiger partial charge in [-0.15, -0.1) is 11.3 Å². The van der Waals surface area contributed by atoms with Gasteiger partial charge in [0.15, 0.2) is 6.61 Å². The van der Waals surface area contributed by atoms with Crippen LogP contribution in [0.25, 0.3) is 16.3 Å². The van der Waals surface area contributed by atoms with Gasteiger partial charge in [-0.3, -0.25) is 4.79 Å². The number of carbonyl (C=O) groups excluding carboxylic acids is 1. The maximum atomic E-state index is 12.1. The van der Waals surface area contributed by atoms with Crippen molar-refractivity contribution in [2.75, 3.05) is 6.61 Å². The fourth-order valence-corrected chi connectivity index (χ4v) is 3.94. The number of hydrogen-bond acceptors (Lipinski definition) is 5. The molecular weight excluding hydrogens is 455 g/mol. The molecule has 156 valence electrons. The number of nitrogens with zero attached hydrogens (tertiary/aromatic N) is 3. The molecule has 0 saturated heterocycles. The van der Waals surface area contributed by atoms with Crippen LogP contribution in [0.5, 0.6) is 5.75 Å². The van der Waals surface area contributed by atoms with Gasteiger partial charge in [0.25, 0.3) is 5.91 Å². The van der Waals surface area contributed by atoms with Gasteiger partial charge >= 0.3 is 0 Å². The number of hydrazone groups is 1. The van der Waals surface area contributed by atoms with Crippen molar-refractivity contribution in [2.45, 2.75) is 0 Å². The van der Waals surface area contributed by atoms with Crippen LogP contribution in [0.15, 0.2) is 77.3 Å². The summed E-state index contributed by atoms with van der Waals surface area (Å²) in [4.78, 5) is 13.1. The number of aromatic nitrogens is 2. The molecule has 0 aliphatic carbocycles. The maximum Gasteiger partial charge on any atom is 0.277 e. The van der Waals surface area contributed by atoms with Gasteiger partial charge in [-0.1, -0.05) is 47.5 Å². The van der Waals surface area contributed by atoms with Gasteiger partial charge in [0.2, 0.25) is 0 Å². The van der Waals surface area contributed by atoms with Crippen LogP contribution in [0.4, 0.5) is 0 Å². The van der Waals surface area contributed by atoms with Gasteiger partial charge in [-0.2, -0.15) is 10.2 Å². The van der Waals surface area contributed by atoms with Gasteiger partial charge in [-0.25, -0.2) is 10.1 Å². The standard InChI is InChI=1S/C22H16Cl2N4O2S/c23-16-8-9-19(18(24)11-16)30-14-21(29)26-25-12-15-13-28(17-5-2-1-3-6-17)27-22(15)20-7-4-10-31-20/h1-13H,14H2,(H,26,29)/b25-12-. The first kappa shape index (κ1) is 21.1. The number of thiophene rings is 1. The number of hydrogen-bond donors (Lipinski definition) is 1. The minimum absolute atomic E-state index is 0.236. The van der Waals surface area contributed by atoms with E-state index in [4.69, 9.17) is 27.9 Å². The summed E-state index contributed by atoms with van der Waals surface area (Å²) in [5, 5.41) is 11.6. The molecular formula is C22H16Cl2N4O2S. The first-order chi connectivity index (χ1) is 15.1. The molecule has 0 bridgehead atoms. The zero-order valence-corrected chi connectivity index (χ0v) is 18.4. The van der Waals surface area contributed by atoms with Crippen molar-refractivity contribution in [3.63, 3.8) is 0 Å². The zero-order valence-electron chi connectivity index (χ0n) is 16.0. The lowest BCUT2D eigenvalue weighted by atomic mass is 10.2. The molecule has 31 heavy (non-hydrogen) atoms. The van der Waals surface area contributed by atoms with E-state index < -0.39 is 5.91 Å². The normalized spacial score (nSPS) is 11.0. The summed E-state index contributed by atoms with van der Waals surface area (Å²) in [6.45, 7) is -0.236. The molecule has 9 heteroatoms. The van der Waals surface area contributed by atoms with Crippen molar-refractivity contribution in [3.05, 3.63) is 87.8 Å². The number of benzene rings is 2. The number of halogens is 2. The van der Waals surface area contributed by atoms with Crippen LogP contribution in [-0.4, -0.2) is 28.5 Å². The zero-order chi connectivity index (χ0) is 21.6. The van der Waals surface area contributed by atoms with Crippen molar-refractivity contribution in [1.29, 1.82) is 0 Å². The summed E-state index contributed by atoms with van der Waals surface area (Å²) >= 11 is 13.5. The number of rotatable bonds is 7. The smallest absolute Gasteiger partial charge is 0.277 e. The highest BCUT2D eigenvalue weighted by Gasteiger charge is 2.12. The molecule has 1 amide bonds. The molecule has 2 aromatic carbocycles. The van der Waals surface area contributed by atoms with Crippen LogP contribution in [0, 0.1) is 0 Å². The van der Waals surface area contributed by atoms with Crippen molar-refractivity contribution in [3.8, 4) is 22.0 Å². The topological polar surface area (TPSA) is 68.5 Å². The molecule has 0 radical (unpaired) electrons. The molecule has 4 aromatic rings. The quantitative estimate of drug-likeness (QED) is 0.289. The van der Waals surface area contributed by atoms with E-state index in [1.807, 2.05) is 54.0 Å². The molecule has 2 heterocycles. The average molecular weight is 471 g/mol. The van der Waals surface area contributed by atoms with Crippen LogP contribution in [-0.2, 0) is 4.79 Å². The van der Waals surface area contributed by atoms with Crippen molar-refractivity contribution >= 4 is 46.7 Å². The van der Waals surface area contributed by atoms with Gasteiger partial charge in [0.1, 0.15) is 11.4 Å². The second kappa shape index (κ2) is 9.78. The Hall–Kier alpha value is -3.13. The van der Waals surface area contributed by atoms with Crippen LogP contribution >= 0.6 is 34.5 Å². The van der Waals surface area contributed by atoms with E-state index in [9.17, 15) is 4.79 Å². The molecule has 0 atom stereocenters. The first-order valence-corrected chi connectivity index (χ1v) is 10.8. The maximum absolute atomic E-state index is 12.1. The van der Waals surface area contributed by atoms with Crippen LogP contribution < -0.4 is 10.2 Å². The average Bonchev–Trinajstić information content (AvgIpc) is 3.44. The molecule has 4 rings (SSSR count). The highest BCUT2D eigenvalue weighted by atomic mass is 35.5. The Morgan fingerprint density at radius 3 is 2.74 bits per heavy atom. The summed E-state index contributed by atoms with van der Waals surface area (Å²) in [7, 11) is 0. The lowest BCUT2D eigenvalue weighted by molar-refractivity contribution is -0.123. The number of para-hydroxylation sites is 1. The van der Waals surface area contributed by atoms with Crippen molar-refractivity contribution < 1.29 is 9.53 Å². The van der Waals surface area contributed by atoms with Gasteiger partial charge < -0.3 is 4.74 Å². The lowest BCUT2D eigenvalue weighted by Crippen LogP contribution is -2.24. The number of ether oxygens (including phenoxy) is 1. The third kappa shape index (κ3) is 5.32. The van der Waals surface area contributed by atoms with Crippen LogP contribution in [0.1, 0.15) is 5.56 Å². The Morgan fingerprint density at radius 2 is 2.00 bits per heavy atom. The number of amides is 1. The van der Waals surface area contributed by atoms with Crippen LogP contribution in [0.3, 0.4) is 0 Å². The highest BCUT2D eigenvalue weighted by Crippen LogP contribution is 2.28. The monoisotopic (exact) mass is 470 g/mol. The fraction of sp³-hybridized carbons (Fsp3) is 0.0455. The summed E-state index contributed by atoms with van der Waals surface area (Å²) in [5.74, 6) is -0.0512. The minimum Gasteiger partial charge on any atom is -0.482 e. The van der Waals surface area contributed by atoms with E-state index in [1.54, 1.807) is 40.4 Å². The largest absolute Gasteiger partial charge is 0.482 e. The molecule has 0 fully saturated rings. The summed E-state index contributed by atoms with van der Waals surface area (Å²) < 4.78 is 7.19. The predicted molar refractivity (Wildman–Crippen MR) is 125 cm³/mol. The third-order valence-electron chi connectivity index (χ3n) is 4.16. The predicted octanol–water partition coefficient (Wildman–Crippen LogP) is 5.44. The number of carbonyl (C=O) groups is 1.